The lowest BCUT2D eigenvalue weighted by molar-refractivity contribution is 0.0529. The minimum absolute atomic E-state index is 0.189. The minimum Gasteiger partial charge on any atom is -0.444 e. The van der Waals surface area contributed by atoms with E-state index in [-0.39, 0.29) is 5.41 Å². The van der Waals surface area contributed by atoms with Gasteiger partial charge in [0.2, 0.25) is 5.89 Å². The quantitative estimate of drug-likeness (QED) is 0.399. The van der Waals surface area contributed by atoms with Crippen molar-refractivity contribution in [3.05, 3.63) is 11.7 Å². The number of hydrogen-bond donors (Lipinski definition) is 3. The number of rotatable bonds is 6. The first-order valence-electron chi connectivity index (χ1n) is 8.83. The van der Waals surface area contributed by atoms with Gasteiger partial charge in [0.1, 0.15) is 12.1 Å². The van der Waals surface area contributed by atoms with E-state index in [0.29, 0.717) is 43.9 Å². The average Bonchev–Trinajstić information content (AvgIpc) is 2.96. The fraction of sp³-hybridized carbons (Fsp3) is 0.765. The van der Waals surface area contributed by atoms with Gasteiger partial charge in [0, 0.05) is 25.0 Å². The summed E-state index contributed by atoms with van der Waals surface area (Å²) in [5.41, 5.74) is -0.699. The van der Waals surface area contributed by atoms with Gasteiger partial charge < -0.3 is 25.2 Å². The topological polar surface area (TPSA) is 114 Å². The molecule has 1 aromatic rings. The Morgan fingerprint density at radius 1 is 1.12 bits per heavy atom. The van der Waals surface area contributed by atoms with E-state index < -0.39 is 11.7 Å². The van der Waals surface area contributed by atoms with E-state index in [2.05, 4.69) is 31.1 Å². The van der Waals surface area contributed by atoms with Crippen LogP contribution in [0.2, 0.25) is 0 Å². The number of amides is 1. The molecule has 0 saturated carbocycles. The molecule has 1 amide bonds. The summed E-state index contributed by atoms with van der Waals surface area (Å²) in [6, 6.07) is 0. The summed E-state index contributed by atoms with van der Waals surface area (Å²) >= 11 is 0. The van der Waals surface area contributed by atoms with Crippen molar-refractivity contribution >= 4 is 12.1 Å². The molecule has 0 aliphatic heterocycles. The number of aliphatic imine (C=N–C) groups is 1. The van der Waals surface area contributed by atoms with E-state index in [1.807, 2.05) is 48.5 Å². The van der Waals surface area contributed by atoms with Gasteiger partial charge in [0.25, 0.3) is 0 Å². The van der Waals surface area contributed by atoms with E-state index in [1.54, 1.807) is 0 Å². The molecule has 0 aliphatic carbocycles. The average molecular weight is 368 g/mol. The number of nitrogens with one attached hydrogen (secondary N) is 3. The molecule has 1 rings (SSSR count). The van der Waals surface area contributed by atoms with Crippen LogP contribution in [-0.2, 0) is 16.7 Å². The highest BCUT2D eigenvalue weighted by Crippen LogP contribution is 2.19. The minimum atomic E-state index is -0.510. The van der Waals surface area contributed by atoms with Gasteiger partial charge in [-0.1, -0.05) is 25.9 Å². The Kier molecular flexibility index (Phi) is 7.85. The SMILES string of the molecule is CCNC(=NCc1noc(C(C)(C)C)n1)NCCNC(=O)OC(C)(C)C. The zero-order valence-corrected chi connectivity index (χ0v) is 16.9. The Labute approximate surface area is 155 Å². The Morgan fingerprint density at radius 2 is 1.77 bits per heavy atom. The highest BCUT2D eigenvalue weighted by molar-refractivity contribution is 5.79. The fourth-order valence-corrected chi connectivity index (χ4v) is 1.77. The molecular weight excluding hydrogens is 336 g/mol. The van der Waals surface area contributed by atoms with Gasteiger partial charge in [-0.2, -0.15) is 4.98 Å². The van der Waals surface area contributed by atoms with Gasteiger partial charge in [0.15, 0.2) is 11.8 Å². The molecule has 0 bridgehead atoms. The molecule has 1 aromatic heterocycles. The lowest BCUT2D eigenvalue weighted by Crippen LogP contribution is -2.42. The smallest absolute Gasteiger partial charge is 0.407 e. The van der Waals surface area contributed by atoms with Crippen molar-refractivity contribution in [2.75, 3.05) is 19.6 Å². The van der Waals surface area contributed by atoms with Crippen LogP contribution in [0.25, 0.3) is 0 Å². The van der Waals surface area contributed by atoms with Crippen LogP contribution in [0.15, 0.2) is 9.52 Å². The van der Waals surface area contributed by atoms with E-state index in [1.165, 1.54) is 0 Å². The van der Waals surface area contributed by atoms with E-state index in [4.69, 9.17) is 9.26 Å². The maximum atomic E-state index is 11.6. The van der Waals surface area contributed by atoms with Crippen LogP contribution in [0.3, 0.4) is 0 Å². The van der Waals surface area contributed by atoms with Crippen molar-refractivity contribution in [1.29, 1.82) is 0 Å². The predicted molar refractivity (Wildman–Crippen MR) is 100 cm³/mol. The zero-order chi connectivity index (χ0) is 19.8. The van der Waals surface area contributed by atoms with Gasteiger partial charge in [-0.25, -0.2) is 9.79 Å². The number of carbonyl (C=O) groups excluding carboxylic acids is 1. The van der Waals surface area contributed by atoms with Crippen LogP contribution in [0.1, 0.15) is 60.2 Å². The van der Waals surface area contributed by atoms with Crippen LogP contribution >= 0.6 is 0 Å². The zero-order valence-electron chi connectivity index (χ0n) is 16.9. The summed E-state index contributed by atoms with van der Waals surface area (Å²) in [6.45, 7) is 15.4. The first-order valence-corrected chi connectivity index (χ1v) is 8.83. The molecule has 0 saturated heterocycles. The molecule has 9 heteroatoms. The summed E-state index contributed by atoms with van der Waals surface area (Å²) in [5, 5.41) is 12.9. The Hall–Kier alpha value is -2.32. The summed E-state index contributed by atoms with van der Waals surface area (Å²) in [6.07, 6.45) is -0.442. The number of carbonyl (C=O) groups is 1. The van der Waals surface area contributed by atoms with Crippen LogP contribution in [-0.4, -0.2) is 47.4 Å². The van der Waals surface area contributed by atoms with Crippen LogP contribution in [0, 0.1) is 0 Å². The van der Waals surface area contributed by atoms with Crippen LogP contribution in [0.4, 0.5) is 4.79 Å². The molecule has 0 spiro atoms. The largest absolute Gasteiger partial charge is 0.444 e. The van der Waals surface area contributed by atoms with Crippen molar-refractivity contribution in [1.82, 2.24) is 26.1 Å². The maximum Gasteiger partial charge on any atom is 0.407 e. The van der Waals surface area contributed by atoms with Crippen molar-refractivity contribution < 1.29 is 14.1 Å². The summed E-state index contributed by atoms with van der Waals surface area (Å²) in [5.74, 6) is 1.72. The second-order valence-corrected chi connectivity index (χ2v) is 7.82. The normalized spacial score (nSPS) is 12.7. The van der Waals surface area contributed by atoms with E-state index in [9.17, 15) is 4.79 Å². The first-order chi connectivity index (χ1) is 12.0. The predicted octanol–water partition coefficient (Wildman–Crippen LogP) is 1.95. The number of alkyl carbamates (subject to hydrolysis) is 1. The number of hydrogen-bond acceptors (Lipinski definition) is 6. The van der Waals surface area contributed by atoms with E-state index in [0.717, 1.165) is 0 Å². The van der Waals surface area contributed by atoms with Crippen molar-refractivity contribution in [3.63, 3.8) is 0 Å². The van der Waals surface area contributed by atoms with Crippen molar-refractivity contribution in [3.8, 4) is 0 Å². The number of nitrogens with zero attached hydrogens (tertiary/aromatic N) is 3. The summed E-state index contributed by atoms with van der Waals surface area (Å²) in [4.78, 5) is 20.4. The molecule has 0 aliphatic rings. The third-order valence-corrected chi connectivity index (χ3v) is 2.92. The standard InChI is InChI=1S/C17H32N6O3/c1-8-18-14(19-9-10-20-15(24)25-17(5,6)7)21-11-12-22-13(26-23-12)16(2,3)4/h8-11H2,1-7H3,(H,20,24)(H2,18,19,21). The molecule has 0 aromatic carbocycles. The van der Waals surface area contributed by atoms with E-state index >= 15 is 0 Å². The molecule has 148 valence electrons. The summed E-state index contributed by atoms with van der Waals surface area (Å²) < 4.78 is 10.4. The Bertz CT molecular complexity index is 598. The Morgan fingerprint density at radius 3 is 2.31 bits per heavy atom. The highest BCUT2D eigenvalue weighted by Gasteiger charge is 2.21. The lowest BCUT2D eigenvalue weighted by Gasteiger charge is -2.19. The van der Waals surface area contributed by atoms with Gasteiger partial charge >= 0.3 is 6.09 Å². The third kappa shape index (κ3) is 8.68. The summed E-state index contributed by atoms with van der Waals surface area (Å²) in [7, 11) is 0. The maximum absolute atomic E-state index is 11.6. The number of ether oxygens (including phenoxy) is 1. The number of guanidine groups is 1. The van der Waals surface area contributed by atoms with Crippen molar-refractivity contribution in [2.45, 2.75) is 66.0 Å². The molecule has 9 nitrogen and oxygen atoms in total. The van der Waals surface area contributed by atoms with Crippen LogP contribution in [0.5, 0.6) is 0 Å². The van der Waals surface area contributed by atoms with Gasteiger partial charge in [-0.05, 0) is 27.7 Å². The fourth-order valence-electron chi connectivity index (χ4n) is 1.77. The molecule has 1 heterocycles. The molecule has 26 heavy (non-hydrogen) atoms. The monoisotopic (exact) mass is 368 g/mol. The molecule has 0 atom stereocenters. The lowest BCUT2D eigenvalue weighted by atomic mass is 9.97. The van der Waals surface area contributed by atoms with Crippen LogP contribution < -0.4 is 16.0 Å². The molecule has 0 unspecified atom stereocenters. The second kappa shape index (κ2) is 9.40. The molecule has 0 fully saturated rings. The highest BCUT2D eigenvalue weighted by atomic mass is 16.6. The first kappa shape index (κ1) is 21.7. The second-order valence-electron chi connectivity index (χ2n) is 7.82. The molecular formula is C17H32N6O3. The molecule has 3 N–H and O–H groups in total. The Balaban J connectivity index is 2.46. The number of aromatic nitrogens is 2. The van der Waals surface area contributed by atoms with Gasteiger partial charge in [-0.15, -0.1) is 0 Å². The molecule has 0 radical (unpaired) electrons. The van der Waals surface area contributed by atoms with Gasteiger partial charge in [-0.3, -0.25) is 0 Å². The third-order valence-electron chi connectivity index (χ3n) is 2.92. The van der Waals surface area contributed by atoms with Gasteiger partial charge in [0.05, 0.1) is 0 Å². The van der Waals surface area contributed by atoms with Crippen molar-refractivity contribution in [2.24, 2.45) is 4.99 Å².